The molecule has 0 bridgehead atoms. The molecule has 0 saturated carbocycles. The number of nitrogens with one attached hydrogen (secondary N) is 1. The molecule has 2 aromatic carbocycles. The average Bonchev–Trinajstić information content (AvgIpc) is 3.88. The van der Waals surface area contributed by atoms with E-state index in [1.807, 2.05) is 113 Å². The lowest BCUT2D eigenvalue weighted by atomic mass is 10.1. The molecule has 0 aliphatic heterocycles. The van der Waals surface area contributed by atoms with Gasteiger partial charge >= 0.3 is 0 Å². The number of thiophene rings is 1. The van der Waals surface area contributed by atoms with Gasteiger partial charge in [-0.3, -0.25) is 15.0 Å². The minimum Gasteiger partial charge on any atom is -0.470 e. The Morgan fingerprint density at radius 1 is 0.574 bits per heavy atom. The van der Waals surface area contributed by atoms with Crippen molar-refractivity contribution in [1.82, 2.24) is 19.9 Å². The number of hydrogen-bond acceptors (Lipinski definition) is 5. The lowest BCUT2D eigenvalue weighted by Gasteiger charge is -1.95. The predicted molar refractivity (Wildman–Crippen MR) is 200 cm³/mol. The van der Waals surface area contributed by atoms with E-state index in [9.17, 15) is 0 Å². The Hall–Kier alpha value is -5.33. The van der Waals surface area contributed by atoms with Gasteiger partial charge in [0.25, 0.3) is 0 Å². The van der Waals surface area contributed by atoms with Gasteiger partial charge in [-0.15, -0.1) is 11.3 Å². The van der Waals surface area contributed by atoms with Crippen LogP contribution in [0.4, 0.5) is 0 Å². The van der Waals surface area contributed by atoms with Gasteiger partial charge in [0.15, 0.2) is 0 Å². The molecule has 6 aromatic heterocycles. The number of aryl methyl sites for hydroxylation is 6. The predicted octanol–water partition coefficient (Wildman–Crippen LogP) is 11.4. The highest BCUT2D eigenvalue weighted by Gasteiger charge is 1.92. The molecule has 0 aliphatic carbocycles. The van der Waals surface area contributed by atoms with Crippen molar-refractivity contribution >= 4 is 33.1 Å². The molecule has 0 spiro atoms. The summed E-state index contributed by atoms with van der Waals surface area (Å²) in [6.45, 7) is 12.1. The Morgan fingerprint density at radius 2 is 1.32 bits per heavy atom. The van der Waals surface area contributed by atoms with Crippen molar-refractivity contribution in [1.29, 1.82) is 0 Å². The average molecular weight is 641 g/mol. The highest BCUT2D eigenvalue weighted by Crippen LogP contribution is 2.12. The number of H-pyrrole nitrogens is 1. The number of rotatable bonds is 0. The molecule has 0 saturated heterocycles. The topological polar surface area (TPSA) is 67.6 Å². The number of aromatic nitrogens is 4. The van der Waals surface area contributed by atoms with Crippen molar-refractivity contribution in [3.05, 3.63) is 185 Å². The molecule has 240 valence electrons. The summed E-state index contributed by atoms with van der Waals surface area (Å²) >= 11 is 1.78. The molecule has 1 N–H and O–H groups in total. The van der Waals surface area contributed by atoms with Crippen LogP contribution in [0.5, 0.6) is 0 Å². The number of furan rings is 1. The highest BCUT2D eigenvalue weighted by molar-refractivity contribution is 7.09. The molecule has 0 fully saturated rings. The van der Waals surface area contributed by atoms with Crippen LogP contribution in [-0.4, -0.2) is 19.9 Å². The number of pyridine rings is 3. The minimum absolute atomic E-state index is 0.968. The highest BCUT2D eigenvalue weighted by atomic mass is 32.1. The molecule has 5 nitrogen and oxygen atoms in total. The van der Waals surface area contributed by atoms with Crippen LogP contribution in [-0.2, 0) is 0 Å². The maximum atomic E-state index is 4.83. The van der Waals surface area contributed by atoms with Crippen LogP contribution in [0.3, 0.4) is 0 Å². The van der Waals surface area contributed by atoms with Crippen LogP contribution in [0.2, 0.25) is 0 Å². The van der Waals surface area contributed by atoms with E-state index >= 15 is 0 Å². The van der Waals surface area contributed by atoms with Gasteiger partial charge in [-0.05, 0) is 119 Å². The number of benzene rings is 2. The number of para-hydroxylation sites is 1. The molecular formula is C41H44N4OS. The fourth-order valence-corrected chi connectivity index (χ4v) is 4.46. The fourth-order valence-electron chi connectivity index (χ4n) is 3.93. The van der Waals surface area contributed by atoms with Crippen molar-refractivity contribution < 1.29 is 4.42 Å². The monoisotopic (exact) mass is 640 g/mol. The third-order valence-electron chi connectivity index (χ3n) is 6.39. The van der Waals surface area contributed by atoms with Gasteiger partial charge in [-0.2, -0.15) is 0 Å². The minimum atomic E-state index is 0.968. The normalized spacial score (nSPS) is 9.49. The van der Waals surface area contributed by atoms with E-state index in [0.29, 0.717) is 0 Å². The lowest BCUT2D eigenvalue weighted by Crippen LogP contribution is -1.80. The van der Waals surface area contributed by atoms with Gasteiger partial charge in [-0.1, -0.05) is 54.6 Å². The lowest BCUT2D eigenvalue weighted by molar-refractivity contribution is 0.534. The van der Waals surface area contributed by atoms with E-state index in [1.165, 1.54) is 26.9 Å². The van der Waals surface area contributed by atoms with Crippen LogP contribution in [0.1, 0.15) is 33.3 Å². The Labute approximate surface area is 283 Å². The molecule has 8 rings (SSSR count). The zero-order valence-corrected chi connectivity index (χ0v) is 28.9. The Bertz CT molecular complexity index is 1780. The van der Waals surface area contributed by atoms with Gasteiger partial charge in [-0.25, -0.2) is 0 Å². The van der Waals surface area contributed by atoms with Crippen LogP contribution >= 0.6 is 11.3 Å². The first kappa shape index (κ1) is 36.1. The van der Waals surface area contributed by atoms with Crippen molar-refractivity contribution in [3.8, 4) is 0 Å². The number of fused-ring (bicyclic) bond motifs is 2. The largest absolute Gasteiger partial charge is 0.470 e. The van der Waals surface area contributed by atoms with Gasteiger partial charge < -0.3 is 9.40 Å². The summed E-state index contributed by atoms with van der Waals surface area (Å²) in [5, 5.41) is 4.49. The smallest absolute Gasteiger partial charge is 0.100 e. The van der Waals surface area contributed by atoms with Crippen LogP contribution in [0.25, 0.3) is 21.8 Å². The summed E-state index contributed by atoms with van der Waals surface area (Å²) in [5.74, 6) is 0.968. The second-order valence-corrected chi connectivity index (χ2v) is 11.8. The van der Waals surface area contributed by atoms with Crippen molar-refractivity contribution in [2.45, 2.75) is 41.5 Å². The molecule has 6 heterocycles. The summed E-state index contributed by atoms with van der Waals surface area (Å²) in [4.78, 5) is 17.0. The van der Waals surface area contributed by atoms with E-state index in [1.54, 1.807) is 23.8 Å². The second-order valence-electron chi connectivity index (χ2n) is 10.6. The maximum absolute atomic E-state index is 4.83. The summed E-state index contributed by atoms with van der Waals surface area (Å²) in [7, 11) is 0. The van der Waals surface area contributed by atoms with E-state index in [-0.39, 0.29) is 0 Å². The molecular weight excluding hydrogens is 597 g/mol. The third kappa shape index (κ3) is 15.0. The zero-order valence-electron chi connectivity index (χ0n) is 28.1. The molecule has 47 heavy (non-hydrogen) atoms. The standard InChI is InChI=1S/2C10H9N.C6H7N.C5H7N.C5H6O.C5H6S/c1-8-4-5-9-3-2-6-11-10(9)7-8;1-8-6-7-9-4-2-3-5-10(9)11-8;1-6-4-2-3-5-7-6;3*1-5-3-2-4-6-5/h2*2-7H,1H3;2-5H,1H3;2-4,6H,1H3;2*2-4H,1H3. The van der Waals surface area contributed by atoms with Crippen molar-refractivity contribution in [2.24, 2.45) is 0 Å². The van der Waals surface area contributed by atoms with E-state index in [4.69, 9.17) is 4.42 Å². The molecule has 6 heteroatoms. The quantitative estimate of drug-likeness (QED) is 0.179. The first-order chi connectivity index (χ1) is 22.8. The summed E-state index contributed by atoms with van der Waals surface area (Å²) in [5.41, 5.74) is 6.78. The number of nitrogens with zero attached hydrogens (tertiary/aromatic N) is 3. The Balaban J connectivity index is 0.000000157. The van der Waals surface area contributed by atoms with E-state index < -0.39 is 0 Å². The molecule has 8 aromatic rings. The number of hydrogen-bond donors (Lipinski definition) is 1. The molecule has 0 atom stereocenters. The molecule has 0 amide bonds. The van der Waals surface area contributed by atoms with Gasteiger partial charge in [0.1, 0.15) is 5.76 Å². The summed E-state index contributed by atoms with van der Waals surface area (Å²) in [6, 6.07) is 40.4. The maximum Gasteiger partial charge on any atom is 0.100 e. The van der Waals surface area contributed by atoms with Crippen molar-refractivity contribution in [3.63, 3.8) is 0 Å². The second kappa shape index (κ2) is 20.7. The van der Waals surface area contributed by atoms with E-state index in [0.717, 1.165) is 28.2 Å². The SMILES string of the molecule is Cc1ccc2ccccc2n1.Cc1ccc2cccnc2c1.Cc1ccc[nH]1.Cc1ccccn1.Cc1ccco1.Cc1cccs1. The fraction of sp³-hybridized carbons (Fsp3) is 0.146. The summed E-state index contributed by atoms with van der Waals surface area (Å²) in [6.07, 6.45) is 7.18. The van der Waals surface area contributed by atoms with Crippen LogP contribution in [0, 0.1) is 41.5 Å². The molecule has 0 aliphatic rings. The first-order valence-corrected chi connectivity index (χ1v) is 16.3. The van der Waals surface area contributed by atoms with Crippen molar-refractivity contribution in [2.75, 3.05) is 0 Å². The number of aromatic amines is 1. The van der Waals surface area contributed by atoms with Crippen LogP contribution in [0.15, 0.2) is 156 Å². The molecule has 0 radical (unpaired) electrons. The third-order valence-corrected chi connectivity index (χ3v) is 7.19. The molecule has 0 unspecified atom stereocenters. The van der Waals surface area contributed by atoms with Gasteiger partial charge in [0.05, 0.1) is 17.3 Å². The van der Waals surface area contributed by atoms with Gasteiger partial charge in [0.2, 0.25) is 0 Å². The Kier molecular flexibility index (Phi) is 15.9. The van der Waals surface area contributed by atoms with Gasteiger partial charge in [0, 0.05) is 51.3 Å². The summed E-state index contributed by atoms with van der Waals surface area (Å²) < 4.78 is 4.83. The van der Waals surface area contributed by atoms with Crippen LogP contribution < -0.4 is 0 Å². The first-order valence-electron chi connectivity index (χ1n) is 15.4. The Morgan fingerprint density at radius 3 is 1.85 bits per heavy atom. The van der Waals surface area contributed by atoms with E-state index in [2.05, 4.69) is 87.7 Å². The zero-order chi connectivity index (χ0) is 33.7.